The lowest BCUT2D eigenvalue weighted by molar-refractivity contribution is 0.0995. The molecule has 1 aliphatic heterocycles. The molecule has 2 unspecified atom stereocenters. The molecule has 1 fully saturated rings. The van der Waals surface area contributed by atoms with Crippen molar-refractivity contribution in [3.63, 3.8) is 0 Å². The van der Waals surface area contributed by atoms with Gasteiger partial charge in [0, 0.05) is 13.2 Å². The quantitative estimate of drug-likeness (QED) is 0.861. The SMILES string of the molecule is CCNc1ncc(Cl)c(NC(C)C2CCCO2)n1. The van der Waals surface area contributed by atoms with E-state index < -0.39 is 0 Å². The third-order valence-electron chi connectivity index (χ3n) is 2.97. The molecule has 100 valence electrons. The third-order valence-corrected chi connectivity index (χ3v) is 3.24. The van der Waals surface area contributed by atoms with Gasteiger partial charge in [-0.3, -0.25) is 0 Å². The van der Waals surface area contributed by atoms with Gasteiger partial charge >= 0.3 is 0 Å². The number of hydrogen-bond donors (Lipinski definition) is 2. The van der Waals surface area contributed by atoms with Crippen LogP contribution in [-0.2, 0) is 4.74 Å². The smallest absolute Gasteiger partial charge is 0.224 e. The lowest BCUT2D eigenvalue weighted by Crippen LogP contribution is -2.30. The molecular formula is C12H19ClN4O. The van der Waals surface area contributed by atoms with Gasteiger partial charge in [-0.1, -0.05) is 11.6 Å². The molecule has 0 amide bonds. The summed E-state index contributed by atoms with van der Waals surface area (Å²) in [7, 11) is 0. The Balaban J connectivity index is 2.04. The fraction of sp³-hybridized carbons (Fsp3) is 0.667. The maximum absolute atomic E-state index is 6.09. The van der Waals surface area contributed by atoms with E-state index in [-0.39, 0.29) is 12.1 Å². The summed E-state index contributed by atoms with van der Waals surface area (Å²) in [5.41, 5.74) is 0. The van der Waals surface area contributed by atoms with Crippen molar-refractivity contribution < 1.29 is 4.74 Å². The Morgan fingerprint density at radius 3 is 3.11 bits per heavy atom. The van der Waals surface area contributed by atoms with E-state index in [0.717, 1.165) is 26.0 Å². The number of rotatable bonds is 5. The van der Waals surface area contributed by atoms with E-state index in [0.29, 0.717) is 16.8 Å². The molecule has 6 heteroatoms. The molecule has 1 saturated heterocycles. The van der Waals surface area contributed by atoms with E-state index in [9.17, 15) is 0 Å². The first-order chi connectivity index (χ1) is 8.70. The molecule has 0 spiro atoms. The molecule has 5 nitrogen and oxygen atoms in total. The van der Waals surface area contributed by atoms with Crippen LogP contribution >= 0.6 is 11.6 Å². The van der Waals surface area contributed by atoms with Crippen LogP contribution in [0.15, 0.2) is 6.20 Å². The molecule has 1 aliphatic rings. The molecule has 1 aromatic heterocycles. The number of ether oxygens (including phenoxy) is 1. The summed E-state index contributed by atoms with van der Waals surface area (Å²) < 4.78 is 5.64. The summed E-state index contributed by atoms with van der Waals surface area (Å²) in [5.74, 6) is 1.24. The fourth-order valence-corrected chi connectivity index (χ4v) is 2.16. The van der Waals surface area contributed by atoms with Gasteiger partial charge in [-0.05, 0) is 26.7 Å². The number of nitrogens with zero attached hydrogens (tertiary/aromatic N) is 2. The number of nitrogens with one attached hydrogen (secondary N) is 2. The first-order valence-corrected chi connectivity index (χ1v) is 6.73. The monoisotopic (exact) mass is 270 g/mol. The normalized spacial score (nSPS) is 20.7. The number of hydrogen-bond acceptors (Lipinski definition) is 5. The molecule has 1 aromatic rings. The second-order valence-electron chi connectivity index (χ2n) is 4.40. The molecule has 2 heterocycles. The minimum Gasteiger partial charge on any atom is -0.376 e. The lowest BCUT2D eigenvalue weighted by Gasteiger charge is -2.21. The van der Waals surface area contributed by atoms with Gasteiger partial charge in [0.25, 0.3) is 0 Å². The fourth-order valence-electron chi connectivity index (χ4n) is 2.02. The third kappa shape index (κ3) is 3.23. The summed E-state index contributed by atoms with van der Waals surface area (Å²) in [6.45, 7) is 5.71. The Morgan fingerprint density at radius 2 is 2.44 bits per heavy atom. The summed E-state index contributed by atoms with van der Waals surface area (Å²) in [5, 5.41) is 6.90. The van der Waals surface area contributed by atoms with Gasteiger partial charge in [-0.15, -0.1) is 0 Å². The Hall–Kier alpha value is -1.07. The topological polar surface area (TPSA) is 59.1 Å². The van der Waals surface area contributed by atoms with Gasteiger partial charge in [0.1, 0.15) is 5.02 Å². The molecule has 2 rings (SSSR count). The average molecular weight is 271 g/mol. The zero-order valence-corrected chi connectivity index (χ0v) is 11.5. The van der Waals surface area contributed by atoms with Crippen molar-refractivity contribution in [1.29, 1.82) is 0 Å². The molecule has 0 saturated carbocycles. The maximum atomic E-state index is 6.09. The van der Waals surface area contributed by atoms with Crippen molar-refractivity contribution in [2.45, 2.75) is 38.8 Å². The van der Waals surface area contributed by atoms with Gasteiger partial charge < -0.3 is 15.4 Å². The molecule has 0 radical (unpaired) electrons. The van der Waals surface area contributed by atoms with Crippen LogP contribution in [0.25, 0.3) is 0 Å². The largest absolute Gasteiger partial charge is 0.376 e. The van der Waals surface area contributed by atoms with Crippen LogP contribution in [0, 0.1) is 0 Å². The second kappa shape index (κ2) is 6.20. The van der Waals surface area contributed by atoms with E-state index in [1.54, 1.807) is 6.20 Å². The van der Waals surface area contributed by atoms with Crippen LogP contribution in [0.1, 0.15) is 26.7 Å². The molecular weight excluding hydrogens is 252 g/mol. The van der Waals surface area contributed by atoms with Crippen molar-refractivity contribution in [1.82, 2.24) is 9.97 Å². The van der Waals surface area contributed by atoms with Crippen LogP contribution < -0.4 is 10.6 Å². The highest BCUT2D eigenvalue weighted by Crippen LogP contribution is 2.23. The first-order valence-electron chi connectivity index (χ1n) is 6.35. The van der Waals surface area contributed by atoms with Crippen LogP contribution in [0.2, 0.25) is 5.02 Å². The molecule has 2 atom stereocenters. The lowest BCUT2D eigenvalue weighted by atomic mass is 10.1. The van der Waals surface area contributed by atoms with Gasteiger partial charge in [-0.25, -0.2) is 4.98 Å². The zero-order chi connectivity index (χ0) is 13.0. The van der Waals surface area contributed by atoms with E-state index in [1.165, 1.54) is 0 Å². The highest BCUT2D eigenvalue weighted by molar-refractivity contribution is 6.32. The predicted octanol–water partition coefficient (Wildman–Crippen LogP) is 2.54. The van der Waals surface area contributed by atoms with E-state index in [1.807, 2.05) is 6.92 Å². The van der Waals surface area contributed by atoms with E-state index in [4.69, 9.17) is 16.3 Å². The van der Waals surface area contributed by atoms with Crippen LogP contribution in [0.4, 0.5) is 11.8 Å². The zero-order valence-electron chi connectivity index (χ0n) is 10.7. The molecule has 0 aromatic carbocycles. The number of aromatic nitrogens is 2. The first kappa shape index (κ1) is 13.4. The molecule has 0 bridgehead atoms. The van der Waals surface area contributed by atoms with Crippen molar-refractivity contribution in [3.05, 3.63) is 11.2 Å². The second-order valence-corrected chi connectivity index (χ2v) is 4.81. The minimum atomic E-state index is 0.189. The standard InChI is InChI=1S/C12H19ClN4O/c1-3-14-12-15-7-9(13)11(17-12)16-8(2)10-5-4-6-18-10/h7-8,10H,3-6H2,1-2H3,(H2,14,15,16,17). The van der Waals surface area contributed by atoms with Crippen molar-refractivity contribution in [3.8, 4) is 0 Å². The average Bonchev–Trinajstić information content (AvgIpc) is 2.87. The Kier molecular flexibility index (Phi) is 4.60. The maximum Gasteiger partial charge on any atom is 0.224 e. The van der Waals surface area contributed by atoms with Gasteiger partial charge in [0.15, 0.2) is 5.82 Å². The molecule has 0 aliphatic carbocycles. The Labute approximate surface area is 112 Å². The summed E-state index contributed by atoms with van der Waals surface area (Å²) in [6, 6.07) is 0.189. The van der Waals surface area contributed by atoms with Crippen molar-refractivity contribution in [2.75, 3.05) is 23.8 Å². The summed E-state index contributed by atoms with van der Waals surface area (Å²) in [4.78, 5) is 8.46. The Bertz CT molecular complexity index is 396. The molecule has 2 N–H and O–H groups in total. The van der Waals surface area contributed by atoms with E-state index in [2.05, 4.69) is 27.5 Å². The van der Waals surface area contributed by atoms with Crippen LogP contribution in [-0.4, -0.2) is 35.3 Å². The summed E-state index contributed by atoms with van der Waals surface area (Å²) in [6.07, 6.45) is 4.05. The van der Waals surface area contributed by atoms with E-state index >= 15 is 0 Å². The minimum absolute atomic E-state index is 0.189. The number of halogens is 1. The van der Waals surface area contributed by atoms with Crippen LogP contribution in [0.3, 0.4) is 0 Å². The van der Waals surface area contributed by atoms with Gasteiger partial charge in [-0.2, -0.15) is 4.98 Å². The van der Waals surface area contributed by atoms with Crippen molar-refractivity contribution in [2.24, 2.45) is 0 Å². The van der Waals surface area contributed by atoms with Gasteiger partial charge in [0.05, 0.1) is 18.3 Å². The molecule has 18 heavy (non-hydrogen) atoms. The highest BCUT2D eigenvalue weighted by atomic mass is 35.5. The highest BCUT2D eigenvalue weighted by Gasteiger charge is 2.23. The predicted molar refractivity (Wildman–Crippen MR) is 73.3 cm³/mol. The van der Waals surface area contributed by atoms with Crippen molar-refractivity contribution >= 4 is 23.4 Å². The summed E-state index contributed by atoms with van der Waals surface area (Å²) >= 11 is 6.09. The van der Waals surface area contributed by atoms with Crippen LogP contribution in [0.5, 0.6) is 0 Å². The number of anilines is 2. The Morgan fingerprint density at radius 1 is 1.61 bits per heavy atom. The van der Waals surface area contributed by atoms with Gasteiger partial charge in [0.2, 0.25) is 5.95 Å².